The fraction of sp³-hybridized carbons (Fsp3) is 0.107. The zero-order chi connectivity index (χ0) is 26.6. The molecule has 3 aromatic rings. The average molecular weight is 500 g/mol. The van der Waals surface area contributed by atoms with Gasteiger partial charge in [0.1, 0.15) is 25.1 Å². The highest BCUT2D eigenvalue weighted by Gasteiger charge is 2.23. The van der Waals surface area contributed by atoms with Crippen molar-refractivity contribution in [2.75, 3.05) is 18.5 Å². The summed E-state index contributed by atoms with van der Waals surface area (Å²) in [4.78, 5) is 25.8. The van der Waals surface area contributed by atoms with Crippen molar-refractivity contribution >= 4 is 23.3 Å². The number of ether oxygens (including phenoxy) is 2. The minimum Gasteiger partial charge on any atom is -0.486 e. The van der Waals surface area contributed by atoms with Gasteiger partial charge in [0, 0.05) is 16.8 Å². The zero-order valence-electron chi connectivity index (χ0n) is 20.2. The minimum atomic E-state index is -0.932. The van der Waals surface area contributed by atoms with Crippen LogP contribution < -0.4 is 31.4 Å². The summed E-state index contributed by atoms with van der Waals surface area (Å²) in [6, 6.07) is 19.4. The molecule has 9 heteroatoms. The van der Waals surface area contributed by atoms with Gasteiger partial charge in [-0.1, -0.05) is 49.6 Å². The monoisotopic (exact) mass is 499 g/mol. The number of carbonyl (C=O) groups excluding carboxylic acids is 2. The lowest BCUT2D eigenvalue weighted by Gasteiger charge is -2.22. The molecule has 0 aliphatic heterocycles. The van der Waals surface area contributed by atoms with Crippen LogP contribution in [0.3, 0.4) is 0 Å². The highest BCUT2D eigenvalue weighted by Crippen LogP contribution is 2.32. The van der Waals surface area contributed by atoms with Crippen LogP contribution in [0.15, 0.2) is 98.1 Å². The Labute approximate surface area is 215 Å². The fourth-order valence-electron chi connectivity index (χ4n) is 3.30. The largest absolute Gasteiger partial charge is 0.486 e. The standard InChI is InChI=1S/C28H29N5O4/c1-3-16-36-23-15-12-21(18-24(23)37-17-4-2)25(31-22-13-10-19(11-14-22)26(29)30)28(35)33-32-27(34)20-8-6-5-7-9-20/h3-15,18,25,31H,1-2,16-17H2,(H3,29,30)(H,32,34)(H,33,35). The molecule has 0 aliphatic rings. The molecule has 0 radical (unpaired) electrons. The molecular formula is C28H29N5O4. The Bertz CT molecular complexity index is 1260. The number of hydrazine groups is 1. The lowest BCUT2D eigenvalue weighted by Crippen LogP contribution is -2.45. The maximum absolute atomic E-state index is 13.3. The summed E-state index contributed by atoms with van der Waals surface area (Å²) in [6.45, 7) is 7.84. The zero-order valence-corrected chi connectivity index (χ0v) is 20.2. The lowest BCUT2D eigenvalue weighted by molar-refractivity contribution is -0.122. The van der Waals surface area contributed by atoms with Crippen LogP contribution in [0.4, 0.5) is 5.69 Å². The third kappa shape index (κ3) is 7.46. The van der Waals surface area contributed by atoms with Gasteiger partial charge in [-0.2, -0.15) is 0 Å². The van der Waals surface area contributed by atoms with Crippen LogP contribution in [-0.4, -0.2) is 30.9 Å². The minimum absolute atomic E-state index is 0.0661. The highest BCUT2D eigenvalue weighted by atomic mass is 16.5. The third-order valence-corrected chi connectivity index (χ3v) is 5.12. The Balaban J connectivity index is 1.89. The number of amides is 2. The molecule has 0 saturated heterocycles. The van der Waals surface area contributed by atoms with E-state index in [-0.39, 0.29) is 19.0 Å². The number of rotatable bonds is 12. The van der Waals surface area contributed by atoms with E-state index in [0.29, 0.717) is 33.9 Å². The Morgan fingerprint density at radius 1 is 0.865 bits per heavy atom. The van der Waals surface area contributed by atoms with Gasteiger partial charge < -0.3 is 20.5 Å². The molecule has 0 fully saturated rings. The molecule has 0 aliphatic carbocycles. The van der Waals surface area contributed by atoms with Crippen LogP contribution in [0.25, 0.3) is 0 Å². The van der Waals surface area contributed by atoms with E-state index in [0.717, 1.165) is 0 Å². The van der Waals surface area contributed by atoms with Crippen LogP contribution in [0, 0.1) is 5.41 Å². The van der Waals surface area contributed by atoms with E-state index in [4.69, 9.17) is 20.6 Å². The summed E-state index contributed by atoms with van der Waals surface area (Å²) < 4.78 is 11.4. The van der Waals surface area contributed by atoms with E-state index in [2.05, 4.69) is 29.3 Å². The van der Waals surface area contributed by atoms with Gasteiger partial charge in [0.2, 0.25) is 0 Å². The molecule has 0 heterocycles. The Kier molecular flexibility index (Phi) is 9.44. The molecule has 0 spiro atoms. The van der Waals surface area contributed by atoms with E-state index in [1.54, 1.807) is 84.9 Å². The SMILES string of the molecule is C=CCOc1ccc(C(Nc2ccc(C(=N)N)cc2)C(=O)NNC(=O)c2ccccc2)cc1OCC=C. The highest BCUT2D eigenvalue weighted by molar-refractivity contribution is 5.97. The van der Waals surface area contributed by atoms with Crippen molar-refractivity contribution in [1.82, 2.24) is 10.9 Å². The van der Waals surface area contributed by atoms with Gasteiger partial charge in [0.05, 0.1) is 0 Å². The molecule has 0 saturated carbocycles. The van der Waals surface area contributed by atoms with Gasteiger partial charge in [-0.25, -0.2) is 0 Å². The third-order valence-electron chi connectivity index (χ3n) is 5.12. The molecular weight excluding hydrogens is 470 g/mol. The van der Waals surface area contributed by atoms with Gasteiger partial charge in [-0.05, 0) is 54.1 Å². The number of hydrogen-bond donors (Lipinski definition) is 5. The molecule has 0 bridgehead atoms. The van der Waals surface area contributed by atoms with E-state index >= 15 is 0 Å². The van der Waals surface area contributed by atoms with Crippen molar-refractivity contribution in [3.8, 4) is 11.5 Å². The van der Waals surface area contributed by atoms with Gasteiger partial charge in [0.15, 0.2) is 11.5 Å². The summed E-state index contributed by atoms with van der Waals surface area (Å²) in [5.74, 6) is -0.147. The first-order chi connectivity index (χ1) is 17.9. The van der Waals surface area contributed by atoms with E-state index in [9.17, 15) is 9.59 Å². The smallest absolute Gasteiger partial charge is 0.269 e. The van der Waals surface area contributed by atoms with E-state index in [1.165, 1.54) is 0 Å². The van der Waals surface area contributed by atoms with Gasteiger partial charge in [-0.3, -0.25) is 25.8 Å². The number of hydrogen-bond acceptors (Lipinski definition) is 6. The Hall–Kier alpha value is -5.05. The summed E-state index contributed by atoms with van der Waals surface area (Å²) in [6.07, 6.45) is 3.21. The van der Waals surface area contributed by atoms with Crippen molar-refractivity contribution in [2.24, 2.45) is 5.73 Å². The van der Waals surface area contributed by atoms with Crippen LogP contribution >= 0.6 is 0 Å². The van der Waals surface area contributed by atoms with Crippen molar-refractivity contribution in [3.05, 3.63) is 115 Å². The van der Waals surface area contributed by atoms with Crippen LogP contribution in [0.5, 0.6) is 11.5 Å². The number of carbonyl (C=O) groups is 2. The molecule has 37 heavy (non-hydrogen) atoms. The fourth-order valence-corrected chi connectivity index (χ4v) is 3.30. The van der Waals surface area contributed by atoms with Gasteiger partial charge >= 0.3 is 0 Å². The van der Waals surface area contributed by atoms with Gasteiger partial charge in [-0.15, -0.1) is 0 Å². The second kappa shape index (κ2) is 13.1. The molecule has 190 valence electrons. The number of benzene rings is 3. The molecule has 2 amide bonds. The molecule has 3 aromatic carbocycles. The molecule has 3 rings (SSSR count). The van der Waals surface area contributed by atoms with Crippen molar-refractivity contribution < 1.29 is 19.1 Å². The first-order valence-corrected chi connectivity index (χ1v) is 11.4. The quantitative estimate of drug-likeness (QED) is 0.111. The van der Waals surface area contributed by atoms with Crippen LogP contribution in [0.2, 0.25) is 0 Å². The number of anilines is 1. The van der Waals surface area contributed by atoms with Crippen molar-refractivity contribution in [1.29, 1.82) is 5.41 Å². The topological polar surface area (TPSA) is 139 Å². The number of amidine groups is 1. The Morgan fingerprint density at radius 3 is 2.14 bits per heavy atom. The summed E-state index contributed by atoms with van der Waals surface area (Å²) >= 11 is 0. The molecule has 6 N–H and O–H groups in total. The van der Waals surface area contributed by atoms with E-state index < -0.39 is 17.9 Å². The Morgan fingerprint density at radius 2 is 1.51 bits per heavy atom. The maximum atomic E-state index is 13.3. The predicted octanol–water partition coefficient (Wildman–Crippen LogP) is 3.71. The van der Waals surface area contributed by atoms with E-state index in [1.807, 2.05) is 0 Å². The molecule has 9 nitrogen and oxygen atoms in total. The molecule has 0 aromatic heterocycles. The van der Waals surface area contributed by atoms with Crippen LogP contribution in [-0.2, 0) is 4.79 Å². The van der Waals surface area contributed by atoms with Gasteiger partial charge in [0.25, 0.3) is 11.8 Å². The molecule has 1 atom stereocenters. The number of nitrogens with two attached hydrogens (primary N) is 1. The summed E-state index contributed by atoms with van der Waals surface area (Å²) in [5, 5.41) is 10.7. The average Bonchev–Trinajstić information content (AvgIpc) is 2.93. The predicted molar refractivity (Wildman–Crippen MR) is 144 cm³/mol. The van der Waals surface area contributed by atoms with Crippen LogP contribution in [0.1, 0.15) is 27.5 Å². The lowest BCUT2D eigenvalue weighted by atomic mass is 10.0. The summed E-state index contributed by atoms with van der Waals surface area (Å²) in [5.41, 5.74) is 12.6. The second-order valence-electron chi connectivity index (χ2n) is 7.78. The maximum Gasteiger partial charge on any atom is 0.269 e. The molecule has 1 unspecified atom stereocenters. The first-order valence-electron chi connectivity index (χ1n) is 11.4. The number of nitrogen functional groups attached to an aromatic ring is 1. The first kappa shape index (κ1) is 26.6. The van der Waals surface area contributed by atoms with Crippen molar-refractivity contribution in [2.45, 2.75) is 6.04 Å². The second-order valence-corrected chi connectivity index (χ2v) is 7.78. The summed E-state index contributed by atoms with van der Waals surface area (Å²) in [7, 11) is 0. The number of nitrogens with one attached hydrogen (secondary N) is 4. The normalized spacial score (nSPS) is 10.9. The van der Waals surface area contributed by atoms with Crippen molar-refractivity contribution in [3.63, 3.8) is 0 Å².